The van der Waals surface area contributed by atoms with Crippen molar-refractivity contribution in [2.75, 3.05) is 14.2 Å². The first-order valence-electron chi connectivity index (χ1n) is 9.16. The molecule has 1 aliphatic rings. The fourth-order valence-electron chi connectivity index (χ4n) is 3.35. The minimum Gasteiger partial charge on any atom is -0.497 e. The molecular weight excluding hydrogens is 386 g/mol. The van der Waals surface area contributed by atoms with E-state index >= 15 is 0 Å². The van der Waals surface area contributed by atoms with Crippen molar-refractivity contribution >= 4 is 11.8 Å². The van der Waals surface area contributed by atoms with Crippen LogP contribution < -0.4 is 9.47 Å². The van der Waals surface area contributed by atoms with E-state index < -0.39 is 11.8 Å². The maximum atomic E-state index is 13.1. The van der Waals surface area contributed by atoms with Gasteiger partial charge in [-0.05, 0) is 41.5 Å². The monoisotopic (exact) mass is 404 g/mol. The zero-order chi connectivity index (χ0) is 21.3. The van der Waals surface area contributed by atoms with Crippen molar-refractivity contribution in [1.82, 2.24) is 5.06 Å². The molecule has 4 rings (SSSR count). The van der Waals surface area contributed by atoms with Gasteiger partial charge in [-0.15, -0.1) is 5.06 Å². The minimum absolute atomic E-state index is 0.0209. The zero-order valence-electron chi connectivity index (χ0n) is 16.4. The van der Waals surface area contributed by atoms with E-state index in [2.05, 4.69) is 0 Å². The number of rotatable bonds is 6. The standard InChI is InChI=1S/C23H18NO6/c1-28-16-10-11-17(20(12-16)29-2)18-4-3-5-19-21(18)23(27)24(22(19)26)30-13-14-6-8-15(25)9-7-14/h3-12H,13H2,1-2H3. The summed E-state index contributed by atoms with van der Waals surface area (Å²) in [4.78, 5) is 31.4. The van der Waals surface area contributed by atoms with Crippen LogP contribution in [-0.4, -0.2) is 31.1 Å². The summed E-state index contributed by atoms with van der Waals surface area (Å²) in [5.41, 5.74) is 2.39. The summed E-state index contributed by atoms with van der Waals surface area (Å²) in [7, 11) is 3.08. The Morgan fingerprint density at radius 2 is 1.53 bits per heavy atom. The van der Waals surface area contributed by atoms with Gasteiger partial charge in [-0.2, -0.15) is 0 Å². The number of ether oxygens (including phenoxy) is 2. The van der Waals surface area contributed by atoms with Gasteiger partial charge in [0.2, 0.25) is 0 Å². The fraction of sp³-hybridized carbons (Fsp3) is 0.130. The molecule has 1 heterocycles. The van der Waals surface area contributed by atoms with Gasteiger partial charge in [-0.25, -0.2) is 0 Å². The third kappa shape index (κ3) is 3.35. The average molecular weight is 404 g/mol. The fourth-order valence-corrected chi connectivity index (χ4v) is 3.35. The number of carbonyl (C=O) groups is 2. The Morgan fingerprint density at radius 1 is 0.800 bits per heavy atom. The van der Waals surface area contributed by atoms with E-state index in [1.54, 1.807) is 55.6 Å². The van der Waals surface area contributed by atoms with Crippen LogP contribution >= 0.6 is 0 Å². The number of hydroxylamine groups is 2. The molecule has 1 radical (unpaired) electrons. The van der Waals surface area contributed by atoms with Gasteiger partial charge >= 0.3 is 0 Å². The summed E-state index contributed by atoms with van der Waals surface area (Å²) in [6.07, 6.45) is 0. The van der Waals surface area contributed by atoms with Crippen molar-refractivity contribution in [3.63, 3.8) is 0 Å². The molecule has 3 aromatic carbocycles. The summed E-state index contributed by atoms with van der Waals surface area (Å²) in [6.45, 7) is -0.0209. The van der Waals surface area contributed by atoms with Crippen LogP contribution in [0.3, 0.4) is 0 Å². The molecule has 0 saturated carbocycles. The van der Waals surface area contributed by atoms with Crippen LogP contribution in [0.1, 0.15) is 26.3 Å². The Labute approximate surface area is 173 Å². The molecule has 0 spiro atoms. The quantitative estimate of drug-likeness (QED) is 0.574. The highest BCUT2D eigenvalue weighted by Gasteiger charge is 2.39. The highest BCUT2D eigenvalue weighted by atomic mass is 16.7. The third-order valence-electron chi connectivity index (χ3n) is 4.86. The Balaban J connectivity index is 1.67. The molecule has 0 N–H and O–H groups in total. The molecule has 0 saturated heterocycles. The smallest absolute Gasteiger partial charge is 0.286 e. The van der Waals surface area contributed by atoms with Gasteiger partial charge in [0.05, 0.1) is 25.3 Å². The lowest BCUT2D eigenvalue weighted by Gasteiger charge is -2.14. The predicted octanol–water partition coefficient (Wildman–Crippen LogP) is 4.24. The number of hydrogen-bond acceptors (Lipinski definition) is 5. The van der Waals surface area contributed by atoms with Gasteiger partial charge in [0, 0.05) is 11.6 Å². The van der Waals surface area contributed by atoms with Gasteiger partial charge < -0.3 is 9.47 Å². The molecule has 151 valence electrons. The lowest BCUT2D eigenvalue weighted by atomic mass is 9.96. The van der Waals surface area contributed by atoms with E-state index in [0.29, 0.717) is 28.2 Å². The molecule has 0 aliphatic carbocycles. The summed E-state index contributed by atoms with van der Waals surface area (Å²) in [6, 6.07) is 16.3. The molecule has 3 aromatic rings. The summed E-state index contributed by atoms with van der Waals surface area (Å²) >= 11 is 0. The third-order valence-corrected chi connectivity index (χ3v) is 4.86. The van der Waals surface area contributed by atoms with Gasteiger partial charge in [0.25, 0.3) is 11.8 Å². The van der Waals surface area contributed by atoms with E-state index in [-0.39, 0.29) is 23.5 Å². The number of methoxy groups -OCH3 is 2. The molecular formula is C23H18NO6. The van der Waals surface area contributed by atoms with Crippen LogP contribution in [0.25, 0.3) is 11.1 Å². The highest BCUT2D eigenvalue weighted by Crippen LogP contribution is 2.39. The first kappa shape index (κ1) is 19.5. The molecule has 7 nitrogen and oxygen atoms in total. The van der Waals surface area contributed by atoms with Gasteiger partial charge in [-0.3, -0.25) is 19.5 Å². The van der Waals surface area contributed by atoms with E-state index in [1.807, 2.05) is 0 Å². The maximum absolute atomic E-state index is 13.1. The molecule has 0 aromatic heterocycles. The Hall–Kier alpha value is -3.84. The largest absolute Gasteiger partial charge is 0.497 e. The molecule has 0 fully saturated rings. The molecule has 0 bridgehead atoms. The van der Waals surface area contributed by atoms with E-state index in [1.165, 1.54) is 19.2 Å². The van der Waals surface area contributed by atoms with Gasteiger partial charge in [0.1, 0.15) is 18.1 Å². The van der Waals surface area contributed by atoms with Crippen molar-refractivity contribution in [3.05, 3.63) is 77.4 Å². The number of carbonyl (C=O) groups excluding carboxylic acids is 2. The van der Waals surface area contributed by atoms with E-state index in [4.69, 9.17) is 14.3 Å². The highest BCUT2D eigenvalue weighted by molar-refractivity contribution is 6.23. The lowest BCUT2D eigenvalue weighted by molar-refractivity contribution is -0.101. The van der Waals surface area contributed by atoms with Crippen molar-refractivity contribution in [3.8, 4) is 28.4 Å². The van der Waals surface area contributed by atoms with Crippen LogP contribution in [0.5, 0.6) is 17.2 Å². The average Bonchev–Trinajstić information content (AvgIpc) is 3.03. The van der Waals surface area contributed by atoms with Crippen LogP contribution in [0, 0.1) is 0 Å². The summed E-state index contributed by atoms with van der Waals surface area (Å²) in [5.74, 6) is -0.0917. The second kappa shape index (κ2) is 7.88. The number of nitrogens with zero attached hydrogens (tertiary/aromatic N) is 1. The van der Waals surface area contributed by atoms with Crippen LogP contribution in [-0.2, 0) is 16.6 Å². The van der Waals surface area contributed by atoms with E-state index in [0.717, 1.165) is 5.06 Å². The Morgan fingerprint density at radius 3 is 2.23 bits per heavy atom. The molecule has 0 unspecified atom stereocenters. The van der Waals surface area contributed by atoms with Crippen molar-refractivity contribution in [2.24, 2.45) is 0 Å². The number of fused-ring (bicyclic) bond motifs is 1. The van der Waals surface area contributed by atoms with Crippen molar-refractivity contribution in [2.45, 2.75) is 6.61 Å². The molecule has 1 aliphatic heterocycles. The van der Waals surface area contributed by atoms with Gasteiger partial charge in [0.15, 0.2) is 5.75 Å². The molecule has 2 amide bonds. The van der Waals surface area contributed by atoms with Crippen LogP contribution in [0.4, 0.5) is 0 Å². The van der Waals surface area contributed by atoms with Crippen molar-refractivity contribution in [1.29, 1.82) is 0 Å². The zero-order valence-corrected chi connectivity index (χ0v) is 16.4. The SMILES string of the molecule is COc1ccc(-c2cccc3c2C(=O)N(OCc2ccc([O])cc2)C3=O)c(OC)c1. The summed E-state index contributed by atoms with van der Waals surface area (Å²) < 4.78 is 10.7. The first-order chi connectivity index (χ1) is 14.5. The molecule has 30 heavy (non-hydrogen) atoms. The number of imide groups is 1. The lowest BCUT2D eigenvalue weighted by Crippen LogP contribution is -2.29. The Bertz CT molecular complexity index is 1120. The van der Waals surface area contributed by atoms with Crippen molar-refractivity contribution < 1.29 is 29.0 Å². The second-order valence-electron chi connectivity index (χ2n) is 6.62. The number of hydrogen-bond donors (Lipinski definition) is 0. The predicted molar refractivity (Wildman–Crippen MR) is 107 cm³/mol. The topological polar surface area (TPSA) is 85.0 Å². The first-order valence-corrected chi connectivity index (χ1v) is 9.16. The second-order valence-corrected chi connectivity index (χ2v) is 6.62. The van der Waals surface area contributed by atoms with Gasteiger partial charge in [-0.1, -0.05) is 24.3 Å². The molecule has 7 heteroatoms. The Kier molecular flexibility index (Phi) is 5.12. The minimum atomic E-state index is -0.552. The number of amides is 2. The summed E-state index contributed by atoms with van der Waals surface area (Å²) in [5, 5.41) is 12.0. The number of benzene rings is 3. The molecule has 0 atom stereocenters. The maximum Gasteiger partial charge on any atom is 0.286 e. The van der Waals surface area contributed by atoms with E-state index in [9.17, 15) is 14.7 Å². The van der Waals surface area contributed by atoms with Crippen LogP contribution in [0.15, 0.2) is 60.7 Å². The van der Waals surface area contributed by atoms with Crippen LogP contribution in [0.2, 0.25) is 0 Å². The normalized spacial score (nSPS) is 12.8.